The quantitative estimate of drug-likeness (QED) is 0.0256. The van der Waals surface area contributed by atoms with Crippen molar-refractivity contribution in [2.75, 3.05) is 52.7 Å². The zero-order chi connectivity index (χ0) is 30.4. The van der Waals surface area contributed by atoms with Crippen LogP contribution in [0.3, 0.4) is 0 Å². The van der Waals surface area contributed by atoms with Crippen molar-refractivity contribution in [3.05, 3.63) is 25.3 Å². The fourth-order valence-electron chi connectivity index (χ4n) is 3.42. The number of hydrogen-bond acceptors (Lipinski definition) is 10. The van der Waals surface area contributed by atoms with Crippen molar-refractivity contribution in [1.29, 1.82) is 0 Å². The molecule has 0 spiro atoms. The Hall–Kier alpha value is -1.54. The van der Waals surface area contributed by atoms with E-state index in [1.54, 1.807) is 4.90 Å². The van der Waals surface area contributed by atoms with Gasteiger partial charge in [0.25, 0.3) is 0 Å². The van der Waals surface area contributed by atoms with Crippen LogP contribution in [0.2, 0.25) is 0 Å². The number of carboxylic acid groups (broad SMARTS) is 2. The monoisotopic (exact) mass is 610 g/mol. The number of carbonyl (C=O) groups excluding carboxylic acids is 2. The van der Waals surface area contributed by atoms with Crippen LogP contribution in [0, 0.1) is 0 Å². The Labute approximate surface area is 275 Å². The number of nitrogens with one attached hydrogen (secondary N) is 1. The number of carbonyl (C=O) groups is 3. The summed E-state index contributed by atoms with van der Waals surface area (Å²) >= 11 is 0. The van der Waals surface area contributed by atoms with Gasteiger partial charge < -0.3 is 35.6 Å². The number of nitrogens with zero attached hydrogens (tertiary/aromatic N) is 3. The smallest absolute Gasteiger partial charge is 0.862 e. The van der Waals surface area contributed by atoms with Gasteiger partial charge in [-0.15, -0.1) is 13.2 Å². The summed E-state index contributed by atoms with van der Waals surface area (Å²) in [6, 6.07) is 0. The summed E-state index contributed by atoms with van der Waals surface area (Å²) in [6.45, 7) is 7.90. The van der Waals surface area contributed by atoms with Crippen LogP contribution < -0.4 is 15.5 Å². The molecular formula is C28H50CaN4O8. The summed E-state index contributed by atoms with van der Waals surface area (Å²) in [5.74, 6) is -2.43. The van der Waals surface area contributed by atoms with Gasteiger partial charge in [-0.05, 0) is 63.7 Å². The molecule has 0 saturated carbocycles. The Bertz CT molecular complexity index is 725. The van der Waals surface area contributed by atoms with E-state index < -0.39 is 11.9 Å². The molecule has 1 amide bonds. The summed E-state index contributed by atoms with van der Waals surface area (Å²) in [5, 5.41) is 51.0. The molecule has 0 heterocycles. The molecule has 232 valence electrons. The van der Waals surface area contributed by atoms with Crippen molar-refractivity contribution in [2.24, 2.45) is 4.99 Å². The minimum Gasteiger partial charge on any atom is -0.862 e. The summed E-state index contributed by atoms with van der Waals surface area (Å²) in [7, 11) is 0. The first kappa shape index (κ1) is 43.9. The fraction of sp³-hybridized carbons (Fsp3) is 0.714. The van der Waals surface area contributed by atoms with E-state index >= 15 is 0 Å². The van der Waals surface area contributed by atoms with Crippen LogP contribution >= 0.6 is 0 Å². The van der Waals surface area contributed by atoms with E-state index in [2.05, 4.69) is 23.5 Å². The Balaban J connectivity index is -0.000000688. The van der Waals surface area contributed by atoms with E-state index in [-0.39, 0.29) is 89.2 Å². The van der Waals surface area contributed by atoms with E-state index in [0.717, 1.165) is 51.4 Å². The predicted octanol–water partition coefficient (Wildman–Crippen LogP) is -0.142. The third-order valence-electron chi connectivity index (χ3n) is 5.53. The Morgan fingerprint density at radius 3 is 1.80 bits per heavy atom. The van der Waals surface area contributed by atoms with E-state index in [9.17, 15) is 24.6 Å². The number of aliphatic hydroxyl groups is 2. The molecule has 0 aliphatic heterocycles. The van der Waals surface area contributed by atoms with Crippen molar-refractivity contribution in [1.82, 2.24) is 15.1 Å². The number of aliphatic hydroxyl groups excluding tert-OH is 2. The minimum atomic E-state index is -1.21. The van der Waals surface area contributed by atoms with Crippen molar-refractivity contribution >= 4 is 61.5 Å². The Kier molecular flexibility index (Phi) is 35.3. The average Bonchev–Trinajstić information content (AvgIpc) is 2.91. The molecule has 0 aromatic rings. The van der Waals surface area contributed by atoms with E-state index in [0.29, 0.717) is 38.8 Å². The zero-order valence-electron chi connectivity index (χ0n) is 24.6. The molecule has 0 aliphatic rings. The van der Waals surface area contributed by atoms with Gasteiger partial charge in [0.15, 0.2) is 0 Å². The van der Waals surface area contributed by atoms with Gasteiger partial charge in [0.2, 0.25) is 5.91 Å². The number of carboxylic acids is 2. The van der Waals surface area contributed by atoms with Crippen molar-refractivity contribution < 1.29 is 39.9 Å². The van der Waals surface area contributed by atoms with Gasteiger partial charge in [0.05, 0.1) is 25.9 Å². The average molecular weight is 611 g/mol. The molecule has 0 saturated heterocycles. The molecule has 12 nitrogen and oxygen atoms in total. The zero-order valence-corrected chi connectivity index (χ0v) is 26.9. The normalized spacial score (nSPS) is 10.9. The summed E-state index contributed by atoms with van der Waals surface area (Å²) in [6.07, 6.45) is 13.0. The second-order valence-corrected chi connectivity index (χ2v) is 9.25. The minimum absolute atomic E-state index is 0. The van der Waals surface area contributed by atoms with Crippen LogP contribution in [0.15, 0.2) is 30.3 Å². The molecule has 0 unspecified atom stereocenters. The molecule has 0 atom stereocenters. The van der Waals surface area contributed by atoms with Crippen molar-refractivity contribution in [2.45, 2.75) is 77.0 Å². The number of aliphatic imine (C=N–C) groups is 1. The van der Waals surface area contributed by atoms with Crippen LogP contribution in [-0.2, 0) is 14.4 Å². The van der Waals surface area contributed by atoms with Crippen LogP contribution in [0.4, 0.5) is 0 Å². The largest absolute Gasteiger partial charge is 2.00 e. The number of hydrogen-bond donors (Lipinski definition) is 4. The molecular weight excluding hydrogens is 560 g/mol. The Morgan fingerprint density at radius 2 is 1.32 bits per heavy atom. The van der Waals surface area contributed by atoms with E-state index in [4.69, 9.17) is 15.3 Å². The van der Waals surface area contributed by atoms with E-state index in [1.165, 1.54) is 4.90 Å². The molecule has 0 fully saturated rings. The van der Waals surface area contributed by atoms with Crippen molar-refractivity contribution in [3.8, 4) is 0 Å². The van der Waals surface area contributed by atoms with Gasteiger partial charge in [-0.1, -0.05) is 25.0 Å². The standard InChI is InChI=1S/2C14H26N2O4.Ca/c2*1-2-3-4-5-6-8-13(18)15-12-16(9-7-10-17)11-14(19)20;/h2*2,17H,1,3-12H2,(H,15,18)(H,19,20);/q;;+2/p-2. The van der Waals surface area contributed by atoms with Crippen LogP contribution in [0.25, 0.3) is 0 Å². The number of rotatable bonds is 26. The van der Waals surface area contributed by atoms with Crippen LogP contribution in [0.1, 0.15) is 77.0 Å². The van der Waals surface area contributed by atoms with Gasteiger partial charge >= 0.3 is 43.7 Å². The van der Waals surface area contributed by atoms with Gasteiger partial charge in [-0.25, -0.2) is 0 Å². The second-order valence-electron chi connectivity index (χ2n) is 9.25. The molecule has 4 N–H and O–H groups in total. The number of unbranched alkanes of at least 4 members (excludes halogenated alkanes) is 6. The predicted molar refractivity (Wildman–Crippen MR) is 157 cm³/mol. The molecule has 0 aliphatic carbocycles. The first-order chi connectivity index (χ1) is 19.2. The topological polar surface area (TPSA) is 189 Å². The van der Waals surface area contributed by atoms with Crippen LogP contribution in [-0.4, -0.2) is 139 Å². The summed E-state index contributed by atoms with van der Waals surface area (Å²) in [4.78, 5) is 39.7. The van der Waals surface area contributed by atoms with Gasteiger partial charge in [-0.2, -0.15) is 0 Å². The molecule has 0 radical (unpaired) electrons. The summed E-state index contributed by atoms with van der Waals surface area (Å²) in [5.41, 5.74) is 0. The molecule has 0 aromatic heterocycles. The molecule has 0 bridgehead atoms. The Morgan fingerprint density at radius 1 is 0.780 bits per heavy atom. The third kappa shape index (κ3) is 34.6. The maximum absolute atomic E-state index is 11.6. The number of allylic oxidation sites excluding steroid dienone is 2. The van der Waals surface area contributed by atoms with Crippen molar-refractivity contribution in [3.63, 3.8) is 0 Å². The van der Waals surface area contributed by atoms with Gasteiger partial charge in [-0.3, -0.25) is 24.4 Å². The van der Waals surface area contributed by atoms with Gasteiger partial charge in [0.1, 0.15) is 0 Å². The summed E-state index contributed by atoms with van der Waals surface area (Å²) < 4.78 is 0. The fourth-order valence-corrected chi connectivity index (χ4v) is 3.42. The first-order valence-electron chi connectivity index (χ1n) is 14.0. The third-order valence-corrected chi connectivity index (χ3v) is 5.53. The molecule has 0 aromatic carbocycles. The number of amides is 1. The molecule has 13 heteroatoms. The molecule has 0 rings (SSSR count). The SMILES string of the molecule is C=CCCCCCC(=O)NCN(CCCO)CC(=O)O.C=CCCCCCC([O-])=NCN(CCCO)CC(=O)[O-].[Ca+2]. The second kappa shape index (κ2) is 33.0. The number of aliphatic carboxylic acids is 2. The first-order valence-corrected chi connectivity index (χ1v) is 14.0. The van der Waals surface area contributed by atoms with Crippen LogP contribution in [0.5, 0.6) is 0 Å². The van der Waals surface area contributed by atoms with Gasteiger partial charge in [0, 0.05) is 39.3 Å². The maximum Gasteiger partial charge on any atom is 2.00 e. The van der Waals surface area contributed by atoms with E-state index in [1.807, 2.05) is 12.2 Å². The molecule has 41 heavy (non-hydrogen) atoms. The maximum atomic E-state index is 11.6.